The van der Waals surface area contributed by atoms with Crippen LogP contribution >= 0.6 is 0 Å². The largest absolute Gasteiger partial charge is 0.425 e. The summed E-state index contributed by atoms with van der Waals surface area (Å²) in [6.07, 6.45) is 3.77. The van der Waals surface area contributed by atoms with Crippen LogP contribution in [0.5, 0.6) is 0 Å². The summed E-state index contributed by atoms with van der Waals surface area (Å²) in [6, 6.07) is 0. The molecule has 4 heteroatoms. The fourth-order valence-corrected chi connectivity index (χ4v) is 1.69. The third-order valence-electron chi connectivity index (χ3n) is 3.04. The van der Waals surface area contributed by atoms with Crippen molar-refractivity contribution in [3.05, 3.63) is 11.8 Å². The van der Waals surface area contributed by atoms with Crippen molar-refractivity contribution in [2.24, 2.45) is 0 Å². The average Bonchev–Trinajstić information content (AvgIpc) is 2.29. The van der Waals surface area contributed by atoms with E-state index in [1.807, 2.05) is 0 Å². The van der Waals surface area contributed by atoms with Crippen LogP contribution in [-0.4, -0.2) is 23.3 Å². The second-order valence-corrected chi connectivity index (χ2v) is 3.96. The summed E-state index contributed by atoms with van der Waals surface area (Å²) >= 11 is 0. The van der Waals surface area contributed by atoms with E-state index >= 15 is 0 Å². The summed E-state index contributed by atoms with van der Waals surface area (Å²) < 4.78 is 5.63. The molecule has 0 atom stereocenters. The Bertz CT molecular complexity index is 273. The van der Waals surface area contributed by atoms with Gasteiger partial charge in [0.1, 0.15) is 0 Å². The van der Waals surface area contributed by atoms with Gasteiger partial charge >= 0.3 is 0 Å². The molecule has 2 heterocycles. The zero-order valence-corrected chi connectivity index (χ0v) is 7.49. The predicted octanol–water partition coefficient (Wildman–Crippen LogP) is 1.02. The van der Waals surface area contributed by atoms with E-state index < -0.39 is 0 Å². The van der Waals surface area contributed by atoms with Gasteiger partial charge in [-0.25, -0.2) is 0 Å². The first kappa shape index (κ1) is 7.50. The van der Waals surface area contributed by atoms with Crippen LogP contribution < -0.4 is 5.32 Å². The van der Waals surface area contributed by atoms with Crippen molar-refractivity contribution in [1.82, 2.24) is 15.5 Å². The molecule has 1 aromatic rings. The summed E-state index contributed by atoms with van der Waals surface area (Å²) in [5.74, 6) is 2.74. The van der Waals surface area contributed by atoms with Crippen molar-refractivity contribution in [1.29, 1.82) is 0 Å². The smallest absolute Gasteiger partial charge is 0.222 e. The fraction of sp³-hybridized carbons (Fsp3) is 0.778. The molecule has 0 aromatic carbocycles. The Balaban J connectivity index is 1.76. The van der Waals surface area contributed by atoms with Crippen molar-refractivity contribution in [3.8, 4) is 0 Å². The van der Waals surface area contributed by atoms with Gasteiger partial charge in [0.15, 0.2) is 0 Å². The molecule has 3 rings (SSSR count). The number of hydrogen-bond acceptors (Lipinski definition) is 4. The lowest BCUT2D eigenvalue weighted by molar-refractivity contribution is 0.298. The SMILES string of the molecule is C1CC(c2nnc(C3CNC3)o2)C1. The molecular formula is C9H13N3O. The molecule has 0 unspecified atom stereocenters. The summed E-state index contributed by atoms with van der Waals surface area (Å²) in [4.78, 5) is 0. The molecule has 1 aliphatic carbocycles. The topological polar surface area (TPSA) is 51.0 Å². The second-order valence-electron chi connectivity index (χ2n) is 3.96. The lowest BCUT2D eigenvalue weighted by Crippen LogP contribution is -2.40. The summed E-state index contributed by atoms with van der Waals surface area (Å²) in [6.45, 7) is 1.98. The average molecular weight is 179 g/mol. The number of hydrogen-bond donors (Lipinski definition) is 1. The standard InChI is InChI=1S/C9H13N3O/c1-2-6(3-1)8-11-12-9(13-8)7-4-10-5-7/h6-7,10H,1-5H2. The molecule has 0 bridgehead atoms. The second kappa shape index (κ2) is 2.80. The molecule has 1 aliphatic heterocycles. The minimum absolute atomic E-state index is 0.473. The Hall–Kier alpha value is -0.900. The van der Waals surface area contributed by atoms with Crippen molar-refractivity contribution in [3.63, 3.8) is 0 Å². The van der Waals surface area contributed by atoms with Gasteiger partial charge < -0.3 is 9.73 Å². The highest BCUT2D eigenvalue weighted by molar-refractivity contribution is 5.02. The highest BCUT2D eigenvalue weighted by Gasteiger charge is 2.29. The fourth-order valence-electron chi connectivity index (χ4n) is 1.69. The normalized spacial score (nSPS) is 24.0. The van der Waals surface area contributed by atoms with Gasteiger partial charge in [-0.15, -0.1) is 10.2 Å². The molecule has 4 nitrogen and oxygen atoms in total. The Labute approximate surface area is 76.7 Å². The lowest BCUT2D eigenvalue weighted by Gasteiger charge is -2.24. The van der Waals surface area contributed by atoms with Gasteiger partial charge in [-0.05, 0) is 12.8 Å². The van der Waals surface area contributed by atoms with Gasteiger partial charge in [-0.1, -0.05) is 6.42 Å². The highest BCUT2D eigenvalue weighted by atomic mass is 16.4. The lowest BCUT2D eigenvalue weighted by atomic mass is 9.85. The zero-order chi connectivity index (χ0) is 8.67. The number of nitrogens with one attached hydrogen (secondary N) is 1. The van der Waals surface area contributed by atoms with Crippen LogP contribution in [0.25, 0.3) is 0 Å². The molecule has 2 aliphatic rings. The van der Waals surface area contributed by atoms with Crippen LogP contribution in [0.15, 0.2) is 4.42 Å². The van der Waals surface area contributed by atoms with E-state index in [1.54, 1.807) is 0 Å². The van der Waals surface area contributed by atoms with Crippen LogP contribution in [0.2, 0.25) is 0 Å². The van der Waals surface area contributed by atoms with Crippen LogP contribution in [0.4, 0.5) is 0 Å². The van der Waals surface area contributed by atoms with E-state index in [9.17, 15) is 0 Å². The third kappa shape index (κ3) is 1.16. The van der Waals surface area contributed by atoms with Crippen LogP contribution in [0, 0.1) is 0 Å². The minimum atomic E-state index is 0.473. The van der Waals surface area contributed by atoms with Gasteiger partial charge in [-0.3, -0.25) is 0 Å². The summed E-state index contributed by atoms with van der Waals surface area (Å²) in [7, 11) is 0. The molecule has 1 saturated heterocycles. The van der Waals surface area contributed by atoms with E-state index in [0.29, 0.717) is 11.8 Å². The van der Waals surface area contributed by atoms with E-state index in [0.717, 1.165) is 24.9 Å². The minimum Gasteiger partial charge on any atom is -0.425 e. The van der Waals surface area contributed by atoms with Crippen LogP contribution in [0.1, 0.15) is 42.9 Å². The van der Waals surface area contributed by atoms with Gasteiger partial charge in [0.25, 0.3) is 0 Å². The molecule has 2 fully saturated rings. The number of rotatable bonds is 2. The van der Waals surface area contributed by atoms with E-state index in [2.05, 4.69) is 15.5 Å². The van der Waals surface area contributed by atoms with Crippen molar-refractivity contribution >= 4 is 0 Å². The van der Waals surface area contributed by atoms with Crippen LogP contribution in [0.3, 0.4) is 0 Å². The molecule has 70 valence electrons. The predicted molar refractivity (Wildman–Crippen MR) is 46.5 cm³/mol. The summed E-state index contributed by atoms with van der Waals surface area (Å²) in [5.41, 5.74) is 0. The quantitative estimate of drug-likeness (QED) is 0.736. The van der Waals surface area contributed by atoms with E-state index in [-0.39, 0.29) is 0 Å². The Morgan fingerprint density at radius 3 is 2.23 bits per heavy atom. The van der Waals surface area contributed by atoms with Gasteiger partial charge in [-0.2, -0.15) is 0 Å². The molecule has 1 N–H and O–H groups in total. The first-order chi connectivity index (χ1) is 6.43. The molecule has 13 heavy (non-hydrogen) atoms. The molecule has 0 amide bonds. The molecule has 1 aromatic heterocycles. The van der Waals surface area contributed by atoms with E-state index in [4.69, 9.17) is 4.42 Å². The zero-order valence-electron chi connectivity index (χ0n) is 7.49. The first-order valence-corrected chi connectivity index (χ1v) is 4.97. The molecule has 0 radical (unpaired) electrons. The summed E-state index contributed by atoms with van der Waals surface area (Å²) in [5, 5.41) is 11.4. The van der Waals surface area contributed by atoms with Crippen molar-refractivity contribution in [2.75, 3.05) is 13.1 Å². The van der Waals surface area contributed by atoms with Crippen LogP contribution in [-0.2, 0) is 0 Å². The van der Waals surface area contributed by atoms with Gasteiger partial charge in [0.2, 0.25) is 11.8 Å². The highest BCUT2D eigenvalue weighted by Crippen LogP contribution is 2.36. The first-order valence-electron chi connectivity index (χ1n) is 4.97. The molecule has 1 saturated carbocycles. The van der Waals surface area contributed by atoms with Gasteiger partial charge in [0, 0.05) is 19.0 Å². The van der Waals surface area contributed by atoms with E-state index in [1.165, 1.54) is 19.3 Å². The number of nitrogens with zero attached hydrogens (tertiary/aromatic N) is 2. The Kier molecular flexibility index (Phi) is 1.62. The maximum absolute atomic E-state index is 5.63. The third-order valence-corrected chi connectivity index (χ3v) is 3.04. The Morgan fingerprint density at radius 1 is 1.08 bits per heavy atom. The molecule has 0 spiro atoms. The van der Waals surface area contributed by atoms with Crippen molar-refractivity contribution < 1.29 is 4.42 Å². The Morgan fingerprint density at radius 2 is 1.77 bits per heavy atom. The van der Waals surface area contributed by atoms with Crippen molar-refractivity contribution in [2.45, 2.75) is 31.1 Å². The molecular weight excluding hydrogens is 166 g/mol. The van der Waals surface area contributed by atoms with Gasteiger partial charge in [0.05, 0.1) is 5.92 Å². The maximum atomic E-state index is 5.63. The monoisotopic (exact) mass is 179 g/mol. The maximum Gasteiger partial charge on any atom is 0.222 e. The number of aromatic nitrogens is 2.